The molecule has 1 heterocycles. The topological polar surface area (TPSA) is 41.6 Å². The minimum atomic E-state index is 0.222. The zero-order chi connectivity index (χ0) is 15.1. The van der Waals surface area contributed by atoms with Crippen LogP contribution in [0.1, 0.15) is 25.7 Å². The molecular formula is C16H23BrN2O2. The van der Waals surface area contributed by atoms with Crippen LogP contribution < -0.4 is 10.1 Å². The molecule has 1 aromatic carbocycles. The van der Waals surface area contributed by atoms with Crippen LogP contribution >= 0.6 is 15.9 Å². The molecule has 116 valence electrons. The Balaban J connectivity index is 1.66. The van der Waals surface area contributed by atoms with Crippen molar-refractivity contribution in [3.05, 3.63) is 28.7 Å². The van der Waals surface area contributed by atoms with E-state index >= 15 is 0 Å². The Bertz CT molecular complexity index is 461. The van der Waals surface area contributed by atoms with Gasteiger partial charge < -0.3 is 15.0 Å². The quantitative estimate of drug-likeness (QED) is 0.798. The molecule has 0 unspecified atom stereocenters. The monoisotopic (exact) mass is 354 g/mol. The van der Waals surface area contributed by atoms with Crippen molar-refractivity contribution in [3.63, 3.8) is 0 Å². The number of carbonyl (C=O) groups excluding carboxylic acids is 1. The highest BCUT2D eigenvalue weighted by Crippen LogP contribution is 2.18. The summed E-state index contributed by atoms with van der Waals surface area (Å²) in [6.45, 7) is 2.59. The number of hydrogen-bond acceptors (Lipinski definition) is 3. The highest BCUT2D eigenvalue weighted by molar-refractivity contribution is 9.10. The molecule has 1 aliphatic rings. The van der Waals surface area contributed by atoms with Crippen LogP contribution in [0.15, 0.2) is 28.7 Å². The van der Waals surface area contributed by atoms with Gasteiger partial charge in [-0.25, -0.2) is 0 Å². The lowest BCUT2D eigenvalue weighted by Crippen LogP contribution is -2.43. The summed E-state index contributed by atoms with van der Waals surface area (Å²) in [5.74, 6) is 1.06. The first kappa shape index (κ1) is 16.3. The van der Waals surface area contributed by atoms with Crippen LogP contribution in [0.4, 0.5) is 0 Å². The Hall–Kier alpha value is -1.07. The summed E-state index contributed by atoms with van der Waals surface area (Å²) in [6, 6.07) is 8.15. The molecule has 1 saturated heterocycles. The molecule has 2 rings (SSSR count). The van der Waals surface area contributed by atoms with Gasteiger partial charge in [-0.05, 0) is 50.6 Å². The first-order valence-electron chi connectivity index (χ1n) is 7.51. The molecular weight excluding hydrogens is 332 g/mol. The molecule has 4 nitrogen and oxygen atoms in total. The van der Waals surface area contributed by atoms with E-state index in [9.17, 15) is 4.79 Å². The van der Waals surface area contributed by atoms with Crippen molar-refractivity contribution in [2.75, 3.05) is 26.7 Å². The average Bonchev–Trinajstić information content (AvgIpc) is 2.51. The normalized spacial score (nSPS) is 15.7. The van der Waals surface area contributed by atoms with Gasteiger partial charge in [0.2, 0.25) is 5.91 Å². The molecule has 0 atom stereocenters. The van der Waals surface area contributed by atoms with Crippen molar-refractivity contribution >= 4 is 21.8 Å². The number of halogens is 1. The summed E-state index contributed by atoms with van der Waals surface area (Å²) in [6.07, 6.45) is 3.41. The maximum absolute atomic E-state index is 12.2. The van der Waals surface area contributed by atoms with E-state index in [0.717, 1.165) is 42.6 Å². The van der Waals surface area contributed by atoms with Crippen LogP contribution in [0.25, 0.3) is 0 Å². The zero-order valence-corrected chi connectivity index (χ0v) is 14.1. The lowest BCUT2D eigenvalue weighted by molar-refractivity contribution is -0.132. The number of ether oxygens (including phenoxy) is 1. The van der Waals surface area contributed by atoms with Crippen LogP contribution in [0.3, 0.4) is 0 Å². The fraction of sp³-hybridized carbons (Fsp3) is 0.562. The van der Waals surface area contributed by atoms with Crippen LogP contribution in [0.2, 0.25) is 0 Å². The SMILES string of the molecule is CN(C(=O)CCCOc1cccc(Br)c1)C1CCNCC1. The largest absolute Gasteiger partial charge is 0.494 e. The molecule has 5 heteroatoms. The van der Waals surface area contributed by atoms with Crippen molar-refractivity contribution in [1.29, 1.82) is 0 Å². The summed E-state index contributed by atoms with van der Waals surface area (Å²) in [7, 11) is 1.92. The van der Waals surface area contributed by atoms with Gasteiger partial charge in [0.15, 0.2) is 0 Å². The predicted octanol–water partition coefficient (Wildman–Crippen LogP) is 2.82. The molecule has 1 N–H and O–H groups in total. The predicted molar refractivity (Wildman–Crippen MR) is 87.5 cm³/mol. The summed E-state index contributed by atoms with van der Waals surface area (Å²) in [5, 5.41) is 3.32. The number of hydrogen-bond donors (Lipinski definition) is 1. The van der Waals surface area contributed by atoms with E-state index < -0.39 is 0 Å². The van der Waals surface area contributed by atoms with Crippen LogP contribution in [0.5, 0.6) is 5.75 Å². The molecule has 21 heavy (non-hydrogen) atoms. The number of nitrogens with zero attached hydrogens (tertiary/aromatic N) is 1. The van der Waals surface area contributed by atoms with E-state index in [4.69, 9.17) is 4.74 Å². The van der Waals surface area contributed by atoms with Gasteiger partial charge in [-0.3, -0.25) is 4.79 Å². The lowest BCUT2D eigenvalue weighted by atomic mass is 10.0. The Morgan fingerprint density at radius 2 is 2.19 bits per heavy atom. The van der Waals surface area contributed by atoms with Gasteiger partial charge >= 0.3 is 0 Å². The number of benzene rings is 1. The van der Waals surface area contributed by atoms with Gasteiger partial charge in [0.1, 0.15) is 5.75 Å². The Morgan fingerprint density at radius 1 is 1.43 bits per heavy atom. The van der Waals surface area contributed by atoms with Crippen molar-refractivity contribution in [1.82, 2.24) is 10.2 Å². The van der Waals surface area contributed by atoms with Gasteiger partial charge in [-0.2, -0.15) is 0 Å². The minimum absolute atomic E-state index is 0.222. The number of piperidine rings is 1. The fourth-order valence-electron chi connectivity index (χ4n) is 2.54. The summed E-state index contributed by atoms with van der Waals surface area (Å²) in [4.78, 5) is 14.1. The van der Waals surface area contributed by atoms with Gasteiger partial charge in [0.25, 0.3) is 0 Å². The molecule has 1 aliphatic heterocycles. The zero-order valence-electron chi connectivity index (χ0n) is 12.5. The molecule has 0 aliphatic carbocycles. The van der Waals surface area contributed by atoms with Gasteiger partial charge in [-0.1, -0.05) is 22.0 Å². The molecule has 0 bridgehead atoms. The maximum atomic E-state index is 12.2. The molecule has 1 amide bonds. The summed E-state index contributed by atoms with van der Waals surface area (Å²) in [5.41, 5.74) is 0. The first-order chi connectivity index (χ1) is 10.2. The standard InChI is InChI=1S/C16H23BrN2O2/c1-19(14-7-9-18-10-8-14)16(20)6-3-11-21-15-5-2-4-13(17)12-15/h2,4-5,12,14,18H,3,6-11H2,1H3. The lowest BCUT2D eigenvalue weighted by Gasteiger charge is -2.31. The van der Waals surface area contributed by atoms with Crippen LogP contribution in [-0.2, 0) is 4.79 Å². The van der Waals surface area contributed by atoms with Gasteiger partial charge in [-0.15, -0.1) is 0 Å². The Labute approximate surface area is 135 Å². The number of nitrogens with one attached hydrogen (secondary N) is 1. The molecule has 0 radical (unpaired) electrons. The fourth-order valence-corrected chi connectivity index (χ4v) is 2.92. The molecule has 1 aromatic rings. The van der Waals surface area contributed by atoms with E-state index in [0.29, 0.717) is 19.1 Å². The maximum Gasteiger partial charge on any atom is 0.222 e. The second kappa shape index (κ2) is 8.39. The number of carbonyl (C=O) groups is 1. The van der Waals surface area contributed by atoms with E-state index in [1.54, 1.807) is 0 Å². The van der Waals surface area contributed by atoms with Gasteiger partial charge in [0.05, 0.1) is 6.61 Å². The Morgan fingerprint density at radius 3 is 2.90 bits per heavy atom. The average molecular weight is 355 g/mol. The highest BCUT2D eigenvalue weighted by atomic mass is 79.9. The second-order valence-electron chi connectivity index (χ2n) is 5.40. The van der Waals surface area contributed by atoms with Crippen molar-refractivity contribution in [2.24, 2.45) is 0 Å². The van der Waals surface area contributed by atoms with E-state index in [1.807, 2.05) is 36.2 Å². The second-order valence-corrected chi connectivity index (χ2v) is 6.31. The van der Waals surface area contributed by atoms with E-state index in [-0.39, 0.29) is 5.91 Å². The third-order valence-electron chi connectivity index (χ3n) is 3.85. The third-order valence-corrected chi connectivity index (χ3v) is 4.34. The molecule has 0 saturated carbocycles. The minimum Gasteiger partial charge on any atom is -0.494 e. The number of amides is 1. The van der Waals surface area contributed by atoms with Crippen molar-refractivity contribution < 1.29 is 9.53 Å². The van der Waals surface area contributed by atoms with Crippen molar-refractivity contribution in [2.45, 2.75) is 31.7 Å². The van der Waals surface area contributed by atoms with Gasteiger partial charge in [0, 0.05) is 24.0 Å². The highest BCUT2D eigenvalue weighted by Gasteiger charge is 2.21. The van der Waals surface area contributed by atoms with Crippen LogP contribution in [-0.4, -0.2) is 43.6 Å². The molecule has 0 spiro atoms. The van der Waals surface area contributed by atoms with E-state index in [2.05, 4.69) is 21.2 Å². The Kier molecular flexibility index (Phi) is 6.51. The number of rotatable bonds is 6. The van der Waals surface area contributed by atoms with E-state index in [1.165, 1.54) is 0 Å². The van der Waals surface area contributed by atoms with Crippen molar-refractivity contribution in [3.8, 4) is 5.75 Å². The smallest absolute Gasteiger partial charge is 0.222 e. The summed E-state index contributed by atoms with van der Waals surface area (Å²) >= 11 is 3.41. The van der Waals surface area contributed by atoms with Crippen LogP contribution in [0, 0.1) is 0 Å². The third kappa shape index (κ3) is 5.32. The first-order valence-corrected chi connectivity index (χ1v) is 8.31. The molecule has 0 aromatic heterocycles. The molecule has 1 fully saturated rings. The summed E-state index contributed by atoms with van der Waals surface area (Å²) < 4.78 is 6.65.